The van der Waals surface area contributed by atoms with Crippen molar-refractivity contribution in [3.05, 3.63) is 87.5 Å². The second-order valence-electron chi connectivity index (χ2n) is 11.2. The molecule has 2 aliphatic carbocycles. The topological polar surface area (TPSA) is 60.7 Å². The van der Waals surface area contributed by atoms with E-state index in [0.717, 1.165) is 64.6 Å². The highest BCUT2D eigenvalue weighted by molar-refractivity contribution is 5.55. The zero-order valence-electron chi connectivity index (χ0n) is 21.8. The van der Waals surface area contributed by atoms with Crippen LogP contribution in [0.5, 0.6) is 17.2 Å². The number of hydrogen-bond acceptors (Lipinski definition) is 3. The summed E-state index contributed by atoms with van der Waals surface area (Å²) in [7, 11) is 0. The Balaban J connectivity index is 1.66. The van der Waals surface area contributed by atoms with E-state index >= 15 is 0 Å². The lowest BCUT2D eigenvalue weighted by atomic mass is 9.77. The molecule has 3 N–H and O–H groups in total. The number of phenolic OH excluding ortho intramolecular Hbond substituents is 3. The van der Waals surface area contributed by atoms with Crippen molar-refractivity contribution < 1.29 is 15.3 Å². The second kappa shape index (κ2) is 10.6. The lowest BCUT2D eigenvalue weighted by Gasteiger charge is -2.28. The smallest absolute Gasteiger partial charge is 0.121 e. The maximum Gasteiger partial charge on any atom is 0.121 e. The third-order valence-corrected chi connectivity index (χ3v) is 8.69. The summed E-state index contributed by atoms with van der Waals surface area (Å²) in [6.07, 6.45) is 12.0. The molecular formula is C33H40O3. The molecule has 2 fully saturated rings. The van der Waals surface area contributed by atoms with Crippen molar-refractivity contribution in [2.45, 2.75) is 95.8 Å². The third-order valence-electron chi connectivity index (χ3n) is 8.69. The Morgan fingerprint density at radius 1 is 0.556 bits per heavy atom. The van der Waals surface area contributed by atoms with Gasteiger partial charge in [-0.3, -0.25) is 0 Å². The maximum atomic E-state index is 11.1. The van der Waals surface area contributed by atoms with Gasteiger partial charge in [0.15, 0.2) is 0 Å². The van der Waals surface area contributed by atoms with E-state index in [1.165, 1.54) is 38.5 Å². The van der Waals surface area contributed by atoms with Gasteiger partial charge in [-0.1, -0.05) is 74.9 Å². The number of hydrogen-bond donors (Lipinski definition) is 3. The summed E-state index contributed by atoms with van der Waals surface area (Å²) in [6, 6.07) is 16.2. The van der Waals surface area contributed by atoms with E-state index in [0.29, 0.717) is 23.3 Å². The van der Waals surface area contributed by atoms with Crippen molar-refractivity contribution in [2.24, 2.45) is 0 Å². The Kier molecular flexibility index (Phi) is 7.27. The number of aryl methyl sites for hydroxylation is 2. The summed E-state index contributed by atoms with van der Waals surface area (Å²) in [6.45, 7) is 4.02. The summed E-state index contributed by atoms with van der Waals surface area (Å²) in [5, 5.41) is 32.1. The molecule has 5 rings (SSSR count). The number of benzene rings is 3. The molecule has 3 nitrogen and oxygen atoms in total. The van der Waals surface area contributed by atoms with Gasteiger partial charge in [-0.05, 0) is 102 Å². The first kappa shape index (κ1) is 24.7. The molecule has 0 amide bonds. The number of rotatable bonds is 5. The predicted molar refractivity (Wildman–Crippen MR) is 146 cm³/mol. The molecule has 2 saturated carbocycles. The fourth-order valence-electron chi connectivity index (χ4n) is 6.70. The predicted octanol–water partition coefficient (Wildman–Crippen LogP) is 8.70. The normalized spacial score (nSPS) is 17.5. The standard InChI is InChI=1S/C33H40O3/c1-21-17-26(19-29(32(21)35)23-9-5-3-6-10-23)31(25-13-15-28(34)16-14-25)27-18-22(2)33(36)30(20-27)24-11-7-4-8-12-24/h13-20,23-24,31,34-36H,3-12H2,1-2H3. The van der Waals surface area contributed by atoms with E-state index in [-0.39, 0.29) is 11.7 Å². The first-order valence-electron chi connectivity index (χ1n) is 13.9. The van der Waals surface area contributed by atoms with Crippen molar-refractivity contribution in [1.29, 1.82) is 0 Å². The minimum Gasteiger partial charge on any atom is -0.508 e. The van der Waals surface area contributed by atoms with Crippen LogP contribution < -0.4 is 0 Å². The highest BCUT2D eigenvalue weighted by Crippen LogP contribution is 2.45. The molecule has 0 unspecified atom stereocenters. The summed E-state index contributed by atoms with van der Waals surface area (Å²) >= 11 is 0. The Morgan fingerprint density at radius 2 is 0.972 bits per heavy atom. The average Bonchev–Trinajstić information content (AvgIpc) is 2.90. The van der Waals surface area contributed by atoms with E-state index in [1.807, 2.05) is 26.0 Å². The molecule has 36 heavy (non-hydrogen) atoms. The molecule has 0 heterocycles. The lowest BCUT2D eigenvalue weighted by Crippen LogP contribution is -2.11. The number of aromatic hydroxyl groups is 3. The van der Waals surface area contributed by atoms with Crippen LogP contribution in [0.15, 0.2) is 48.5 Å². The first-order valence-corrected chi connectivity index (χ1v) is 13.9. The quantitative estimate of drug-likeness (QED) is 0.317. The highest BCUT2D eigenvalue weighted by atomic mass is 16.3. The van der Waals surface area contributed by atoms with Crippen molar-refractivity contribution in [2.75, 3.05) is 0 Å². The van der Waals surface area contributed by atoms with Crippen LogP contribution >= 0.6 is 0 Å². The van der Waals surface area contributed by atoms with E-state index in [1.54, 1.807) is 12.1 Å². The van der Waals surface area contributed by atoms with E-state index in [9.17, 15) is 15.3 Å². The van der Waals surface area contributed by atoms with Gasteiger partial charge in [-0.15, -0.1) is 0 Å². The maximum absolute atomic E-state index is 11.1. The van der Waals surface area contributed by atoms with Gasteiger partial charge in [0.2, 0.25) is 0 Å². The van der Waals surface area contributed by atoms with Crippen LogP contribution in [0.4, 0.5) is 0 Å². The Labute approximate surface area is 215 Å². The minimum absolute atomic E-state index is 0.0473. The molecule has 0 atom stereocenters. The van der Waals surface area contributed by atoms with Gasteiger partial charge >= 0.3 is 0 Å². The summed E-state index contributed by atoms with van der Waals surface area (Å²) in [5.74, 6) is 1.90. The molecule has 3 heteroatoms. The SMILES string of the molecule is Cc1cc(C(c2ccc(O)cc2)c2cc(C)c(O)c(C3CCCCC3)c2)cc(C2CCCCC2)c1O. The van der Waals surface area contributed by atoms with E-state index in [4.69, 9.17) is 0 Å². The van der Waals surface area contributed by atoms with Crippen LogP contribution in [0.25, 0.3) is 0 Å². The molecule has 190 valence electrons. The van der Waals surface area contributed by atoms with Gasteiger partial charge in [0, 0.05) is 5.92 Å². The zero-order chi connectivity index (χ0) is 25.2. The lowest BCUT2D eigenvalue weighted by molar-refractivity contribution is 0.411. The summed E-state index contributed by atoms with van der Waals surface area (Å²) in [5.41, 5.74) is 7.42. The Hall–Kier alpha value is -2.94. The highest BCUT2D eigenvalue weighted by Gasteiger charge is 2.27. The molecule has 0 aromatic heterocycles. The average molecular weight is 485 g/mol. The van der Waals surface area contributed by atoms with Crippen LogP contribution in [0.2, 0.25) is 0 Å². The fourth-order valence-corrected chi connectivity index (χ4v) is 6.70. The Bertz CT molecular complexity index is 1130. The van der Waals surface area contributed by atoms with Crippen LogP contribution in [0.1, 0.15) is 121 Å². The van der Waals surface area contributed by atoms with Gasteiger partial charge in [0.1, 0.15) is 17.2 Å². The molecule has 3 aromatic rings. The van der Waals surface area contributed by atoms with Gasteiger partial charge < -0.3 is 15.3 Å². The molecule has 0 radical (unpaired) electrons. The van der Waals surface area contributed by atoms with Crippen LogP contribution in [0.3, 0.4) is 0 Å². The van der Waals surface area contributed by atoms with Gasteiger partial charge in [0.25, 0.3) is 0 Å². The van der Waals surface area contributed by atoms with E-state index in [2.05, 4.69) is 24.3 Å². The molecule has 0 aliphatic heterocycles. The molecule has 0 spiro atoms. The molecule has 3 aromatic carbocycles. The van der Waals surface area contributed by atoms with Crippen LogP contribution in [-0.2, 0) is 0 Å². The fraction of sp³-hybridized carbons (Fsp3) is 0.455. The molecule has 0 saturated heterocycles. The van der Waals surface area contributed by atoms with Gasteiger partial charge in [-0.2, -0.15) is 0 Å². The number of phenols is 3. The van der Waals surface area contributed by atoms with Gasteiger partial charge in [0.05, 0.1) is 0 Å². The minimum atomic E-state index is -0.0473. The molecular weight excluding hydrogens is 444 g/mol. The monoisotopic (exact) mass is 484 g/mol. The van der Waals surface area contributed by atoms with E-state index < -0.39 is 0 Å². The van der Waals surface area contributed by atoms with Crippen LogP contribution in [0, 0.1) is 13.8 Å². The summed E-state index contributed by atoms with van der Waals surface area (Å²) in [4.78, 5) is 0. The van der Waals surface area contributed by atoms with Crippen molar-refractivity contribution in [1.82, 2.24) is 0 Å². The molecule has 2 aliphatic rings. The Morgan fingerprint density at radius 3 is 1.39 bits per heavy atom. The largest absolute Gasteiger partial charge is 0.508 e. The third kappa shape index (κ3) is 4.98. The summed E-state index contributed by atoms with van der Waals surface area (Å²) < 4.78 is 0. The van der Waals surface area contributed by atoms with Gasteiger partial charge in [-0.25, -0.2) is 0 Å². The van der Waals surface area contributed by atoms with Crippen molar-refractivity contribution in [3.63, 3.8) is 0 Å². The first-order chi connectivity index (χ1) is 17.4. The van der Waals surface area contributed by atoms with Crippen molar-refractivity contribution in [3.8, 4) is 17.2 Å². The second-order valence-corrected chi connectivity index (χ2v) is 11.2. The zero-order valence-corrected chi connectivity index (χ0v) is 21.8. The molecule has 0 bridgehead atoms. The van der Waals surface area contributed by atoms with Crippen LogP contribution in [-0.4, -0.2) is 15.3 Å². The van der Waals surface area contributed by atoms with Crippen molar-refractivity contribution >= 4 is 0 Å².